The molecule has 0 saturated carbocycles. The Morgan fingerprint density at radius 2 is 2.05 bits per heavy atom. The number of likely N-dealkylation sites (N-methyl/N-ethyl adjacent to an activating group) is 1. The van der Waals surface area contributed by atoms with E-state index < -0.39 is 0 Å². The molecule has 0 radical (unpaired) electrons. The minimum Gasteiger partial charge on any atom is -0.317 e. The second-order valence-corrected chi connectivity index (χ2v) is 5.17. The maximum absolute atomic E-state index is 4.68. The second-order valence-electron chi connectivity index (χ2n) is 5.17. The molecule has 0 saturated heterocycles. The van der Waals surface area contributed by atoms with Gasteiger partial charge in [-0.05, 0) is 45.0 Å². The van der Waals surface area contributed by atoms with Crippen LogP contribution in [-0.2, 0) is 26.4 Å². The van der Waals surface area contributed by atoms with E-state index >= 15 is 0 Å². The van der Waals surface area contributed by atoms with Crippen molar-refractivity contribution in [2.24, 2.45) is 7.05 Å². The molecule has 0 bridgehead atoms. The Bertz CT molecular complexity index is 553. The molecule has 5 nitrogen and oxygen atoms in total. The summed E-state index contributed by atoms with van der Waals surface area (Å²) in [4.78, 5) is 0. The predicted octanol–water partition coefficient (Wildman–Crippen LogP) is 1.63. The average Bonchev–Trinajstić information content (AvgIpc) is 2.94. The number of aromatic nitrogens is 4. The summed E-state index contributed by atoms with van der Waals surface area (Å²) >= 11 is 0. The van der Waals surface area contributed by atoms with Crippen LogP contribution in [0.5, 0.6) is 0 Å². The zero-order chi connectivity index (χ0) is 14.5. The van der Waals surface area contributed by atoms with Gasteiger partial charge in [0.15, 0.2) is 0 Å². The van der Waals surface area contributed by atoms with Crippen molar-refractivity contribution in [1.82, 2.24) is 24.9 Å². The molecule has 0 spiro atoms. The van der Waals surface area contributed by atoms with Gasteiger partial charge in [0, 0.05) is 37.6 Å². The first-order chi connectivity index (χ1) is 9.63. The average molecular weight is 275 g/mol. The lowest BCUT2D eigenvalue weighted by Crippen LogP contribution is -2.16. The van der Waals surface area contributed by atoms with E-state index in [4.69, 9.17) is 0 Å². The highest BCUT2D eigenvalue weighted by Crippen LogP contribution is 2.14. The second kappa shape index (κ2) is 6.70. The molecule has 2 rings (SSSR count). The number of hydrogen-bond donors (Lipinski definition) is 1. The van der Waals surface area contributed by atoms with E-state index in [0.717, 1.165) is 38.2 Å². The summed E-state index contributed by atoms with van der Waals surface area (Å²) in [5.41, 5.74) is 5.08. The highest BCUT2D eigenvalue weighted by atomic mass is 15.3. The molecule has 0 aromatic carbocycles. The standard InChI is InChI=1S/C15H25N5/c1-5-16-9-7-15-12(2)18-20(13(15)3)11-8-14-6-10-17-19(14)4/h6,10,16H,5,7-9,11H2,1-4H3. The molecule has 0 fully saturated rings. The molecular weight excluding hydrogens is 250 g/mol. The van der Waals surface area contributed by atoms with Crippen LogP contribution in [0.15, 0.2) is 12.3 Å². The third-order valence-electron chi connectivity index (χ3n) is 3.84. The van der Waals surface area contributed by atoms with E-state index in [-0.39, 0.29) is 0 Å². The largest absolute Gasteiger partial charge is 0.317 e. The van der Waals surface area contributed by atoms with Gasteiger partial charge in [-0.3, -0.25) is 9.36 Å². The number of rotatable bonds is 7. The smallest absolute Gasteiger partial charge is 0.0628 e. The van der Waals surface area contributed by atoms with Crippen molar-refractivity contribution in [3.8, 4) is 0 Å². The Balaban J connectivity index is 2.02. The Morgan fingerprint density at radius 1 is 1.25 bits per heavy atom. The predicted molar refractivity (Wildman–Crippen MR) is 80.9 cm³/mol. The lowest BCUT2D eigenvalue weighted by Gasteiger charge is -2.06. The molecule has 0 aliphatic rings. The first kappa shape index (κ1) is 14.8. The van der Waals surface area contributed by atoms with Gasteiger partial charge in [0.25, 0.3) is 0 Å². The monoisotopic (exact) mass is 275 g/mol. The van der Waals surface area contributed by atoms with Crippen molar-refractivity contribution in [1.29, 1.82) is 0 Å². The molecule has 0 atom stereocenters. The molecule has 2 heterocycles. The Kier molecular flexibility index (Phi) is 4.95. The lowest BCUT2D eigenvalue weighted by atomic mass is 10.1. The van der Waals surface area contributed by atoms with Crippen LogP contribution in [0, 0.1) is 13.8 Å². The van der Waals surface area contributed by atoms with Crippen LogP contribution in [0.1, 0.15) is 29.6 Å². The first-order valence-corrected chi connectivity index (χ1v) is 7.34. The van der Waals surface area contributed by atoms with Crippen LogP contribution < -0.4 is 5.32 Å². The topological polar surface area (TPSA) is 47.7 Å². The van der Waals surface area contributed by atoms with Gasteiger partial charge in [0.05, 0.1) is 5.69 Å². The van der Waals surface area contributed by atoms with E-state index in [2.05, 4.69) is 47.0 Å². The van der Waals surface area contributed by atoms with E-state index in [1.807, 2.05) is 17.9 Å². The van der Waals surface area contributed by atoms with Gasteiger partial charge >= 0.3 is 0 Å². The van der Waals surface area contributed by atoms with Crippen molar-refractivity contribution in [2.45, 2.75) is 40.2 Å². The van der Waals surface area contributed by atoms with Gasteiger partial charge in [-0.15, -0.1) is 0 Å². The lowest BCUT2D eigenvalue weighted by molar-refractivity contribution is 0.570. The molecule has 0 amide bonds. The molecule has 5 heteroatoms. The van der Waals surface area contributed by atoms with E-state index in [0.29, 0.717) is 0 Å². The molecule has 0 aliphatic heterocycles. The molecule has 1 N–H and O–H groups in total. The van der Waals surface area contributed by atoms with E-state index in [1.165, 1.54) is 17.0 Å². The fraction of sp³-hybridized carbons (Fsp3) is 0.600. The van der Waals surface area contributed by atoms with Crippen molar-refractivity contribution >= 4 is 0 Å². The zero-order valence-corrected chi connectivity index (χ0v) is 13.0. The summed E-state index contributed by atoms with van der Waals surface area (Å²) in [5, 5.41) is 12.3. The molecule has 20 heavy (non-hydrogen) atoms. The number of hydrogen-bond acceptors (Lipinski definition) is 3. The minimum atomic E-state index is 0.910. The highest BCUT2D eigenvalue weighted by molar-refractivity contribution is 5.25. The fourth-order valence-electron chi connectivity index (χ4n) is 2.57. The molecule has 2 aromatic rings. The van der Waals surface area contributed by atoms with Crippen LogP contribution in [0.2, 0.25) is 0 Å². The third kappa shape index (κ3) is 3.28. The maximum Gasteiger partial charge on any atom is 0.0628 e. The number of nitrogens with one attached hydrogen (secondary N) is 1. The normalized spacial score (nSPS) is 11.2. The highest BCUT2D eigenvalue weighted by Gasteiger charge is 2.11. The summed E-state index contributed by atoms with van der Waals surface area (Å²) in [7, 11) is 1.98. The van der Waals surface area contributed by atoms with Gasteiger partial charge in [-0.1, -0.05) is 6.92 Å². The van der Waals surface area contributed by atoms with E-state index in [1.54, 1.807) is 0 Å². The minimum absolute atomic E-state index is 0.910. The summed E-state index contributed by atoms with van der Waals surface area (Å²) in [6, 6.07) is 2.07. The molecule has 0 aliphatic carbocycles. The number of nitrogens with zero attached hydrogens (tertiary/aromatic N) is 4. The Hall–Kier alpha value is -1.62. The van der Waals surface area contributed by atoms with Crippen molar-refractivity contribution in [3.05, 3.63) is 34.9 Å². The third-order valence-corrected chi connectivity index (χ3v) is 3.84. The first-order valence-electron chi connectivity index (χ1n) is 7.34. The summed E-state index contributed by atoms with van der Waals surface area (Å²) < 4.78 is 4.06. The number of aryl methyl sites for hydroxylation is 4. The van der Waals surface area contributed by atoms with Gasteiger partial charge in [0.2, 0.25) is 0 Å². The Labute approximate surface area is 121 Å². The van der Waals surface area contributed by atoms with Crippen molar-refractivity contribution in [3.63, 3.8) is 0 Å². The summed E-state index contributed by atoms with van der Waals surface area (Å²) in [6.07, 6.45) is 3.86. The van der Waals surface area contributed by atoms with Crippen molar-refractivity contribution in [2.75, 3.05) is 13.1 Å². The molecule has 2 aromatic heterocycles. The maximum atomic E-state index is 4.68. The van der Waals surface area contributed by atoms with Gasteiger partial charge in [-0.2, -0.15) is 10.2 Å². The van der Waals surface area contributed by atoms with Crippen LogP contribution in [0.4, 0.5) is 0 Å². The zero-order valence-electron chi connectivity index (χ0n) is 13.0. The summed E-state index contributed by atoms with van der Waals surface area (Å²) in [5.74, 6) is 0. The molecular formula is C15H25N5. The molecule has 0 unspecified atom stereocenters. The Morgan fingerprint density at radius 3 is 2.70 bits per heavy atom. The van der Waals surface area contributed by atoms with Gasteiger partial charge in [-0.25, -0.2) is 0 Å². The quantitative estimate of drug-likeness (QED) is 0.781. The van der Waals surface area contributed by atoms with Gasteiger partial charge < -0.3 is 5.32 Å². The van der Waals surface area contributed by atoms with Crippen LogP contribution >= 0.6 is 0 Å². The van der Waals surface area contributed by atoms with Crippen LogP contribution in [-0.4, -0.2) is 32.7 Å². The SMILES string of the molecule is CCNCCc1c(C)nn(CCc2ccnn2C)c1C. The van der Waals surface area contributed by atoms with E-state index in [9.17, 15) is 0 Å². The van der Waals surface area contributed by atoms with Crippen LogP contribution in [0.25, 0.3) is 0 Å². The van der Waals surface area contributed by atoms with Gasteiger partial charge in [0.1, 0.15) is 0 Å². The summed E-state index contributed by atoms with van der Waals surface area (Å²) in [6.45, 7) is 9.36. The fourth-order valence-corrected chi connectivity index (χ4v) is 2.57. The molecule has 110 valence electrons. The van der Waals surface area contributed by atoms with Crippen LogP contribution in [0.3, 0.4) is 0 Å². The van der Waals surface area contributed by atoms with Crippen molar-refractivity contribution < 1.29 is 0 Å².